The van der Waals surface area contributed by atoms with Crippen molar-refractivity contribution in [1.29, 1.82) is 0 Å². The maximum Gasteiger partial charge on any atom is 0.313 e. The van der Waals surface area contributed by atoms with Crippen molar-refractivity contribution >= 4 is 32.9 Å². The highest BCUT2D eigenvalue weighted by molar-refractivity contribution is 7.91. The van der Waals surface area contributed by atoms with Gasteiger partial charge in [0.1, 0.15) is 0 Å². The van der Waals surface area contributed by atoms with Crippen LogP contribution in [0, 0.1) is 10.1 Å². The maximum atomic E-state index is 11.6. The first kappa shape index (κ1) is 16.6. The molecule has 0 aliphatic carbocycles. The van der Waals surface area contributed by atoms with Gasteiger partial charge in [-0.3, -0.25) is 10.1 Å². The monoisotopic (exact) mass is 321 g/mol. The van der Waals surface area contributed by atoms with E-state index in [-0.39, 0.29) is 28.0 Å². The van der Waals surface area contributed by atoms with Gasteiger partial charge in [-0.15, -0.1) is 0 Å². The van der Waals surface area contributed by atoms with Gasteiger partial charge in [-0.1, -0.05) is 18.5 Å². The second-order valence-corrected chi connectivity index (χ2v) is 7.25. The van der Waals surface area contributed by atoms with Crippen molar-refractivity contribution in [3.63, 3.8) is 0 Å². The Bertz CT molecular complexity index is 606. The highest BCUT2D eigenvalue weighted by Gasteiger charge is 2.25. The van der Waals surface area contributed by atoms with Crippen LogP contribution in [0.25, 0.3) is 0 Å². The zero-order valence-corrected chi connectivity index (χ0v) is 13.0. The molecular formula is C11H16ClN3O4S. The minimum absolute atomic E-state index is 0.0291. The summed E-state index contributed by atoms with van der Waals surface area (Å²) in [6.07, 6.45) is 1.29. The molecule has 1 rings (SSSR count). The van der Waals surface area contributed by atoms with Crippen LogP contribution in [0.4, 0.5) is 11.5 Å². The molecule has 0 fully saturated rings. The summed E-state index contributed by atoms with van der Waals surface area (Å²) in [5.74, 6) is 0.0289. The van der Waals surface area contributed by atoms with Gasteiger partial charge in [0, 0.05) is 31.1 Å². The molecule has 9 heteroatoms. The molecule has 0 spiro atoms. The number of pyridine rings is 1. The van der Waals surface area contributed by atoms with Gasteiger partial charge in [0.05, 0.1) is 15.7 Å². The molecule has 0 saturated heterocycles. The molecule has 1 heterocycles. The van der Waals surface area contributed by atoms with Gasteiger partial charge in [0.15, 0.2) is 9.84 Å². The number of halogens is 1. The summed E-state index contributed by atoms with van der Waals surface area (Å²) in [6, 6.07) is 0.758. The molecule has 7 nitrogen and oxygen atoms in total. The summed E-state index contributed by atoms with van der Waals surface area (Å²) < 4.78 is 23.2. The Morgan fingerprint density at radius 2 is 2.15 bits per heavy atom. The van der Waals surface area contributed by atoms with E-state index in [1.165, 1.54) is 17.2 Å². The fourth-order valence-corrected chi connectivity index (χ4v) is 2.98. The molecule has 1 aromatic heterocycles. The highest BCUT2D eigenvalue weighted by Crippen LogP contribution is 2.28. The third-order valence-electron chi connectivity index (χ3n) is 2.94. The van der Waals surface area contributed by atoms with Crippen LogP contribution >= 0.6 is 11.6 Å². The van der Waals surface area contributed by atoms with Crippen molar-refractivity contribution in [2.24, 2.45) is 0 Å². The zero-order chi connectivity index (χ0) is 15.5. The minimum Gasteiger partial charge on any atom is -0.350 e. The summed E-state index contributed by atoms with van der Waals surface area (Å²) >= 11 is 5.69. The van der Waals surface area contributed by atoms with Crippen molar-refractivity contribution in [1.82, 2.24) is 4.98 Å². The lowest BCUT2D eigenvalue weighted by atomic mass is 10.3. The molecule has 0 aliphatic heterocycles. The van der Waals surface area contributed by atoms with Gasteiger partial charge in [0.2, 0.25) is 5.82 Å². The molecule has 0 N–H and O–H groups in total. The van der Waals surface area contributed by atoms with E-state index >= 15 is 0 Å². The number of anilines is 1. The molecular weight excluding hydrogens is 306 g/mol. The zero-order valence-electron chi connectivity index (χ0n) is 11.4. The summed E-state index contributed by atoms with van der Waals surface area (Å²) in [6.45, 7) is 3.23. The molecule has 0 saturated carbocycles. The molecule has 0 aliphatic rings. The second-order valence-electron chi connectivity index (χ2n) is 4.41. The average Bonchev–Trinajstić information content (AvgIpc) is 2.37. The number of nitrogens with zero attached hydrogens (tertiary/aromatic N) is 3. The van der Waals surface area contributed by atoms with Gasteiger partial charge in [-0.25, -0.2) is 13.4 Å². The predicted octanol–water partition coefficient (Wildman–Crippen LogP) is 1.90. The first-order valence-electron chi connectivity index (χ1n) is 5.91. The van der Waals surface area contributed by atoms with Crippen LogP contribution in [0.3, 0.4) is 0 Å². The Labute approximate surface area is 122 Å². The number of nitro groups is 1. The molecule has 20 heavy (non-hydrogen) atoms. The largest absolute Gasteiger partial charge is 0.350 e. The van der Waals surface area contributed by atoms with Crippen LogP contribution in [0.2, 0.25) is 5.02 Å². The van der Waals surface area contributed by atoms with Crippen molar-refractivity contribution < 1.29 is 13.3 Å². The summed E-state index contributed by atoms with van der Waals surface area (Å²) in [5.41, 5.74) is -0.249. The standard InChI is InChI=1S/C11H16ClN3O4S/c1-4-20(18,19)7-8(2)14(3)11-10(15(16)17)5-9(12)6-13-11/h5-6,8H,4,7H2,1-3H3/t8-/m1/s1. The van der Waals surface area contributed by atoms with E-state index in [9.17, 15) is 18.5 Å². The first-order valence-corrected chi connectivity index (χ1v) is 8.11. The average molecular weight is 322 g/mol. The summed E-state index contributed by atoms with van der Waals surface area (Å²) in [5, 5.41) is 11.2. The Morgan fingerprint density at radius 1 is 1.55 bits per heavy atom. The quantitative estimate of drug-likeness (QED) is 0.587. The SMILES string of the molecule is CCS(=O)(=O)C[C@@H](C)N(C)c1ncc(Cl)cc1[N+](=O)[O-]. The normalized spacial score (nSPS) is 13.0. The Balaban J connectivity index is 3.09. The van der Waals surface area contributed by atoms with Gasteiger partial charge in [0.25, 0.3) is 0 Å². The molecule has 0 amide bonds. The van der Waals surface area contributed by atoms with Crippen LogP contribution in [0.5, 0.6) is 0 Å². The van der Waals surface area contributed by atoms with Gasteiger partial charge < -0.3 is 4.90 Å². The van der Waals surface area contributed by atoms with Gasteiger partial charge >= 0.3 is 5.69 Å². The molecule has 0 bridgehead atoms. The second kappa shape index (κ2) is 6.36. The Morgan fingerprint density at radius 3 is 2.65 bits per heavy atom. The van der Waals surface area contributed by atoms with Crippen molar-refractivity contribution in [2.45, 2.75) is 19.9 Å². The Hall–Kier alpha value is -1.41. The molecule has 0 radical (unpaired) electrons. The maximum absolute atomic E-state index is 11.6. The lowest BCUT2D eigenvalue weighted by Gasteiger charge is -2.25. The number of aromatic nitrogens is 1. The van der Waals surface area contributed by atoms with Crippen molar-refractivity contribution in [2.75, 3.05) is 23.5 Å². The van der Waals surface area contributed by atoms with E-state index in [0.717, 1.165) is 0 Å². The van der Waals surface area contributed by atoms with Gasteiger partial charge in [-0.05, 0) is 6.92 Å². The fourth-order valence-electron chi connectivity index (χ4n) is 1.63. The third-order valence-corrected chi connectivity index (χ3v) is 5.02. The third kappa shape index (κ3) is 4.04. The number of hydrogen-bond acceptors (Lipinski definition) is 6. The van der Waals surface area contributed by atoms with Crippen molar-refractivity contribution in [3.05, 3.63) is 27.4 Å². The van der Waals surface area contributed by atoms with Gasteiger partial charge in [-0.2, -0.15) is 0 Å². The molecule has 0 unspecified atom stereocenters. The topological polar surface area (TPSA) is 93.4 Å². The number of rotatable bonds is 6. The van der Waals surface area contributed by atoms with E-state index in [1.807, 2.05) is 0 Å². The summed E-state index contributed by atoms with van der Waals surface area (Å²) in [4.78, 5) is 15.8. The molecule has 112 valence electrons. The molecule has 0 aromatic carbocycles. The minimum atomic E-state index is -3.18. The number of sulfone groups is 1. The lowest BCUT2D eigenvalue weighted by molar-refractivity contribution is -0.384. The van der Waals surface area contributed by atoms with Crippen LogP contribution < -0.4 is 4.90 Å². The highest BCUT2D eigenvalue weighted by atomic mass is 35.5. The van der Waals surface area contributed by atoms with Crippen LogP contribution in [-0.2, 0) is 9.84 Å². The van der Waals surface area contributed by atoms with Crippen LogP contribution in [0.15, 0.2) is 12.3 Å². The van der Waals surface area contributed by atoms with Crippen LogP contribution in [0.1, 0.15) is 13.8 Å². The van der Waals surface area contributed by atoms with E-state index in [0.29, 0.717) is 0 Å². The van der Waals surface area contributed by atoms with E-state index in [1.54, 1.807) is 20.9 Å². The van der Waals surface area contributed by atoms with E-state index in [2.05, 4.69) is 4.98 Å². The predicted molar refractivity (Wildman–Crippen MR) is 78.1 cm³/mol. The van der Waals surface area contributed by atoms with E-state index < -0.39 is 20.8 Å². The Kier molecular flexibility index (Phi) is 5.29. The van der Waals surface area contributed by atoms with Crippen molar-refractivity contribution in [3.8, 4) is 0 Å². The molecule has 1 aromatic rings. The number of hydrogen-bond donors (Lipinski definition) is 0. The fraction of sp³-hybridized carbons (Fsp3) is 0.545. The smallest absolute Gasteiger partial charge is 0.313 e. The first-order chi connectivity index (χ1) is 9.18. The summed E-state index contributed by atoms with van der Waals surface area (Å²) in [7, 11) is -1.61. The van der Waals surface area contributed by atoms with E-state index in [4.69, 9.17) is 11.6 Å². The van der Waals surface area contributed by atoms with Crippen LogP contribution in [-0.4, -0.2) is 42.9 Å². The molecule has 1 atom stereocenters. The lowest BCUT2D eigenvalue weighted by Crippen LogP contribution is -2.36.